The van der Waals surface area contributed by atoms with Crippen LogP contribution in [0.15, 0.2) is 60.4 Å². The first kappa shape index (κ1) is 22.1. The molecule has 1 aromatic heterocycles. The minimum atomic E-state index is -0.413. The number of benzene rings is 2. The highest BCUT2D eigenvalue weighted by Gasteiger charge is 2.16. The normalized spacial score (nSPS) is 11.4. The number of carbonyl (C=O) groups is 2. The van der Waals surface area contributed by atoms with E-state index in [1.807, 2.05) is 37.4 Å². The zero-order valence-corrected chi connectivity index (χ0v) is 17.7. The van der Waals surface area contributed by atoms with E-state index >= 15 is 0 Å². The summed E-state index contributed by atoms with van der Waals surface area (Å²) in [6.45, 7) is 3.11. The molecule has 0 fully saturated rings. The molecule has 0 atom stereocenters. The molecule has 0 spiro atoms. The van der Waals surface area contributed by atoms with Gasteiger partial charge in [0, 0.05) is 47.9 Å². The number of aryl methyl sites for hydroxylation is 1. The van der Waals surface area contributed by atoms with E-state index in [1.54, 1.807) is 37.5 Å². The molecule has 3 rings (SSSR count). The van der Waals surface area contributed by atoms with Crippen LogP contribution in [-0.2, 0) is 11.3 Å². The topological polar surface area (TPSA) is 92.6 Å². The van der Waals surface area contributed by atoms with Crippen molar-refractivity contribution in [3.63, 3.8) is 0 Å². The number of amides is 2. The number of nitrogens with one attached hydrogen (secondary N) is 2. The number of hydrogen-bond donors (Lipinski definition) is 3. The van der Waals surface area contributed by atoms with E-state index in [4.69, 9.17) is 9.84 Å². The number of rotatable bonds is 9. The van der Waals surface area contributed by atoms with Gasteiger partial charge in [0.15, 0.2) is 0 Å². The van der Waals surface area contributed by atoms with Crippen LogP contribution in [0.25, 0.3) is 17.0 Å². The van der Waals surface area contributed by atoms with Crippen molar-refractivity contribution in [2.75, 3.05) is 20.3 Å². The summed E-state index contributed by atoms with van der Waals surface area (Å²) in [5.74, 6) is -0.171. The van der Waals surface area contributed by atoms with Gasteiger partial charge in [0.1, 0.15) is 11.4 Å². The number of ether oxygens (including phenoxy) is 1. The molecule has 7 heteroatoms. The molecule has 0 bridgehead atoms. The van der Waals surface area contributed by atoms with E-state index < -0.39 is 11.8 Å². The van der Waals surface area contributed by atoms with Gasteiger partial charge in [0.05, 0.1) is 7.11 Å². The molecule has 0 aliphatic heterocycles. The quantitative estimate of drug-likeness (QED) is 0.366. The fourth-order valence-electron chi connectivity index (χ4n) is 3.28. The van der Waals surface area contributed by atoms with Crippen molar-refractivity contribution in [3.05, 3.63) is 71.6 Å². The largest absolute Gasteiger partial charge is 0.497 e. The monoisotopic (exact) mass is 421 g/mol. The summed E-state index contributed by atoms with van der Waals surface area (Å²) < 4.78 is 7.22. The lowest BCUT2D eigenvalue weighted by atomic mass is 10.1. The Morgan fingerprint density at radius 2 is 1.87 bits per heavy atom. The summed E-state index contributed by atoms with van der Waals surface area (Å²) in [4.78, 5) is 25.6. The van der Waals surface area contributed by atoms with E-state index in [-0.39, 0.29) is 12.3 Å². The summed E-state index contributed by atoms with van der Waals surface area (Å²) >= 11 is 0. The Hall–Kier alpha value is -3.58. The van der Waals surface area contributed by atoms with Crippen LogP contribution >= 0.6 is 0 Å². The number of fused-ring (bicyclic) bond motifs is 1. The molecule has 0 aliphatic rings. The Balaban J connectivity index is 1.94. The Bertz CT molecular complexity index is 1080. The summed E-state index contributed by atoms with van der Waals surface area (Å²) in [7, 11) is 1.55. The smallest absolute Gasteiger partial charge is 0.267 e. The van der Waals surface area contributed by atoms with Crippen molar-refractivity contribution in [1.29, 1.82) is 0 Å². The third-order valence-corrected chi connectivity index (χ3v) is 4.93. The zero-order valence-electron chi connectivity index (χ0n) is 17.7. The molecule has 0 unspecified atom stereocenters. The third-order valence-electron chi connectivity index (χ3n) is 4.93. The van der Waals surface area contributed by atoms with E-state index in [2.05, 4.69) is 15.2 Å². The molecule has 7 nitrogen and oxygen atoms in total. The van der Waals surface area contributed by atoms with Crippen molar-refractivity contribution >= 4 is 28.8 Å². The minimum Gasteiger partial charge on any atom is -0.497 e. The number of nitrogens with zero attached hydrogens (tertiary/aromatic N) is 1. The van der Waals surface area contributed by atoms with Gasteiger partial charge >= 0.3 is 0 Å². The number of methoxy groups -OCH3 is 1. The Labute approximate surface area is 181 Å². The van der Waals surface area contributed by atoms with E-state index in [0.29, 0.717) is 24.3 Å². The average Bonchev–Trinajstić information content (AvgIpc) is 3.16. The van der Waals surface area contributed by atoms with E-state index in [0.717, 1.165) is 23.0 Å². The Morgan fingerprint density at radius 3 is 2.55 bits per heavy atom. The molecular weight excluding hydrogens is 394 g/mol. The maximum atomic E-state index is 12.8. The molecule has 3 aromatic rings. The van der Waals surface area contributed by atoms with Crippen molar-refractivity contribution < 1.29 is 19.4 Å². The van der Waals surface area contributed by atoms with Crippen LogP contribution in [0, 0.1) is 0 Å². The molecule has 162 valence electrons. The fraction of sp³-hybridized carbons (Fsp3) is 0.250. The Morgan fingerprint density at radius 1 is 1.13 bits per heavy atom. The fourth-order valence-corrected chi connectivity index (χ4v) is 3.28. The van der Waals surface area contributed by atoms with E-state index in [9.17, 15) is 9.59 Å². The number of hydrogen-bond acceptors (Lipinski definition) is 4. The van der Waals surface area contributed by atoms with Gasteiger partial charge in [-0.2, -0.15) is 0 Å². The van der Waals surface area contributed by atoms with Gasteiger partial charge in [-0.25, -0.2) is 0 Å². The second-order valence-corrected chi connectivity index (χ2v) is 6.96. The number of aliphatic hydroxyl groups is 1. The van der Waals surface area contributed by atoms with Gasteiger partial charge in [0.2, 0.25) is 0 Å². The molecule has 0 radical (unpaired) electrons. The predicted molar refractivity (Wildman–Crippen MR) is 121 cm³/mol. The highest BCUT2D eigenvalue weighted by Crippen LogP contribution is 2.23. The molecular formula is C24H27N3O4. The molecule has 0 saturated heterocycles. The second-order valence-electron chi connectivity index (χ2n) is 6.96. The van der Waals surface area contributed by atoms with Crippen LogP contribution in [0.4, 0.5) is 0 Å². The van der Waals surface area contributed by atoms with Gasteiger partial charge in [-0.15, -0.1) is 0 Å². The number of aromatic nitrogens is 1. The SMILES string of the molecule is CCn1cc(/C=C(\NC(=O)c2ccc(OC)cc2)C(=O)NCCCO)c2ccccc21. The summed E-state index contributed by atoms with van der Waals surface area (Å²) in [6.07, 6.45) is 4.08. The summed E-state index contributed by atoms with van der Waals surface area (Å²) in [5, 5.41) is 15.5. The first-order chi connectivity index (χ1) is 15.1. The Kier molecular flexibility index (Phi) is 7.45. The lowest BCUT2D eigenvalue weighted by Gasteiger charge is -2.11. The molecule has 0 aliphatic carbocycles. The molecule has 2 amide bonds. The maximum absolute atomic E-state index is 12.8. The molecule has 2 aromatic carbocycles. The van der Waals surface area contributed by atoms with Crippen LogP contribution in [0.1, 0.15) is 29.3 Å². The zero-order chi connectivity index (χ0) is 22.2. The lowest BCUT2D eigenvalue weighted by Crippen LogP contribution is -2.35. The van der Waals surface area contributed by atoms with Crippen LogP contribution in [0.5, 0.6) is 5.75 Å². The molecule has 0 saturated carbocycles. The highest BCUT2D eigenvalue weighted by atomic mass is 16.5. The second kappa shape index (κ2) is 10.4. The molecule has 1 heterocycles. The first-order valence-corrected chi connectivity index (χ1v) is 10.2. The number of aliphatic hydroxyl groups excluding tert-OH is 1. The van der Waals surface area contributed by atoms with Gasteiger partial charge in [-0.05, 0) is 49.8 Å². The van der Waals surface area contributed by atoms with Crippen molar-refractivity contribution in [1.82, 2.24) is 15.2 Å². The highest BCUT2D eigenvalue weighted by molar-refractivity contribution is 6.06. The van der Waals surface area contributed by atoms with Gasteiger partial charge < -0.3 is 25.0 Å². The van der Waals surface area contributed by atoms with Gasteiger partial charge in [-0.3, -0.25) is 9.59 Å². The summed E-state index contributed by atoms with van der Waals surface area (Å²) in [5.41, 5.74) is 2.43. The van der Waals surface area contributed by atoms with Crippen LogP contribution in [0.3, 0.4) is 0 Å². The standard InChI is InChI=1S/C24H27N3O4/c1-3-27-16-18(20-7-4-5-8-22(20)27)15-21(24(30)25-13-6-14-28)26-23(29)17-9-11-19(31-2)12-10-17/h4-5,7-12,15-16,28H,3,6,13-14H2,1-2H3,(H,25,30)(H,26,29)/b21-15-. The number of carbonyl (C=O) groups excluding carboxylic acids is 2. The van der Waals surface area contributed by atoms with Crippen LogP contribution in [-0.4, -0.2) is 41.7 Å². The number of para-hydroxylation sites is 1. The average molecular weight is 421 g/mol. The molecule has 3 N–H and O–H groups in total. The lowest BCUT2D eigenvalue weighted by molar-refractivity contribution is -0.117. The molecule has 31 heavy (non-hydrogen) atoms. The van der Waals surface area contributed by atoms with Crippen molar-refractivity contribution in [3.8, 4) is 5.75 Å². The van der Waals surface area contributed by atoms with Crippen LogP contribution in [0.2, 0.25) is 0 Å². The van der Waals surface area contributed by atoms with E-state index in [1.165, 1.54) is 0 Å². The van der Waals surface area contributed by atoms with Crippen LogP contribution < -0.4 is 15.4 Å². The summed E-state index contributed by atoms with van der Waals surface area (Å²) in [6, 6.07) is 14.6. The maximum Gasteiger partial charge on any atom is 0.267 e. The predicted octanol–water partition coefficient (Wildman–Crippen LogP) is 2.94. The first-order valence-electron chi connectivity index (χ1n) is 10.2. The van der Waals surface area contributed by atoms with Gasteiger partial charge in [0.25, 0.3) is 11.8 Å². The minimum absolute atomic E-state index is 0.0263. The van der Waals surface area contributed by atoms with Crippen molar-refractivity contribution in [2.24, 2.45) is 0 Å². The third kappa shape index (κ3) is 5.32. The van der Waals surface area contributed by atoms with Gasteiger partial charge in [-0.1, -0.05) is 18.2 Å². The van der Waals surface area contributed by atoms with Crippen molar-refractivity contribution in [2.45, 2.75) is 19.9 Å².